The number of ether oxygens (including phenoxy) is 1. The molecule has 4 rings (SSSR count). The quantitative estimate of drug-likeness (QED) is 0.444. The standard InChI is InChI=1S/C19H19N2OS.HI/c1-3-20-14-9-5-7-11-16(14)22-18(20)13-19-21(4-2)15-10-6-8-12-17(15)23-19;/h5-13H,3-4H2,1-2H3;1H/q+1;/p-1. The fourth-order valence-electron chi connectivity index (χ4n) is 3.08. The van der Waals surface area contributed by atoms with Gasteiger partial charge in [0, 0.05) is 12.6 Å². The second kappa shape index (κ2) is 7.11. The average molecular weight is 450 g/mol. The molecule has 0 amide bonds. The molecule has 0 aliphatic carbocycles. The monoisotopic (exact) mass is 450 g/mol. The van der Waals surface area contributed by atoms with Crippen molar-refractivity contribution in [3.8, 4) is 5.75 Å². The van der Waals surface area contributed by atoms with Gasteiger partial charge in [0.2, 0.25) is 11.4 Å². The number of fused-ring (bicyclic) bond motifs is 2. The lowest BCUT2D eigenvalue weighted by molar-refractivity contribution is -0.665. The summed E-state index contributed by atoms with van der Waals surface area (Å²) in [7, 11) is 0. The number of halogens is 1. The summed E-state index contributed by atoms with van der Waals surface area (Å²) in [6.45, 7) is 6.17. The van der Waals surface area contributed by atoms with Crippen LogP contribution in [-0.2, 0) is 6.54 Å². The van der Waals surface area contributed by atoms with Crippen molar-refractivity contribution in [3.05, 3.63) is 59.4 Å². The molecule has 3 nitrogen and oxygen atoms in total. The second-order valence-electron chi connectivity index (χ2n) is 5.45. The lowest BCUT2D eigenvalue weighted by Gasteiger charge is -2.14. The van der Waals surface area contributed by atoms with Crippen molar-refractivity contribution in [2.24, 2.45) is 0 Å². The summed E-state index contributed by atoms with van der Waals surface area (Å²) in [6.07, 6.45) is 2.16. The Kier molecular flexibility index (Phi) is 5.10. The van der Waals surface area contributed by atoms with Crippen molar-refractivity contribution in [3.63, 3.8) is 0 Å². The van der Waals surface area contributed by atoms with Gasteiger partial charge < -0.3 is 33.6 Å². The first-order chi connectivity index (χ1) is 11.3. The van der Waals surface area contributed by atoms with Crippen LogP contribution in [0.2, 0.25) is 0 Å². The lowest BCUT2D eigenvalue weighted by Crippen LogP contribution is -3.00. The van der Waals surface area contributed by atoms with Crippen LogP contribution in [0.15, 0.2) is 54.4 Å². The largest absolute Gasteiger partial charge is 1.00 e. The number of benzene rings is 2. The van der Waals surface area contributed by atoms with Crippen molar-refractivity contribution in [1.29, 1.82) is 0 Å². The molecule has 0 saturated carbocycles. The van der Waals surface area contributed by atoms with Gasteiger partial charge in [0.05, 0.1) is 11.8 Å². The Balaban J connectivity index is 0.00000169. The first-order valence-electron chi connectivity index (χ1n) is 7.99. The molecule has 1 aromatic heterocycles. The van der Waals surface area contributed by atoms with E-state index in [1.165, 1.54) is 15.2 Å². The van der Waals surface area contributed by atoms with E-state index in [1.807, 2.05) is 12.1 Å². The van der Waals surface area contributed by atoms with E-state index in [0.717, 1.165) is 30.4 Å². The first-order valence-corrected chi connectivity index (χ1v) is 8.81. The summed E-state index contributed by atoms with van der Waals surface area (Å²) in [5.41, 5.74) is 2.43. The van der Waals surface area contributed by atoms with Crippen LogP contribution < -0.4 is 38.2 Å². The molecule has 3 aromatic rings. The van der Waals surface area contributed by atoms with Gasteiger partial charge in [-0.2, -0.15) is 4.57 Å². The Morgan fingerprint density at radius 3 is 2.62 bits per heavy atom. The van der Waals surface area contributed by atoms with Gasteiger partial charge in [-0.1, -0.05) is 35.6 Å². The predicted molar refractivity (Wildman–Crippen MR) is 95.8 cm³/mol. The maximum Gasteiger partial charge on any atom is 0.268 e. The highest BCUT2D eigenvalue weighted by atomic mass is 127. The number of thiazole rings is 1. The van der Waals surface area contributed by atoms with Crippen molar-refractivity contribution < 1.29 is 33.3 Å². The van der Waals surface area contributed by atoms with Gasteiger partial charge in [0.1, 0.15) is 11.2 Å². The number of hydrogen-bond acceptors (Lipinski definition) is 3. The van der Waals surface area contributed by atoms with Crippen LogP contribution in [0, 0.1) is 0 Å². The van der Waals surface area contributed by atoms with Gasteiger partial charge in [-0.05, 0) is 32.0 Å². The summed E-state index contributed by atoms with van der Waals surface area (Å²) in [5.74, 6) is 1.84. The van der Waals surface area contributed by atoms with E-state index < -0.39 is 0 Å². The smallest absolute Gasteiger partial charge is 0.268 e. The summed E-state index contributed by atoms with van der Waals surface area (Å²) in [6, 6.07) is 16.8. The van der Waals surface area contributed by atoms with Gasteiger partial charge in [0.25, 0.3) is 5.01 Å². The van der Waals surface area contributed by atoms with E-state index in [1.54, 1.807) is 11.3 Å². The van der Waals surface area contributed by atoms with Gasteiger partial charge in [-0.15, -0.1) is 0 Å². The Morgan fingerprint density at radius 1 is 1.08 bits per heavy atom. The SMILES string of the molecule is CCN1/C(=C/c2sc3ccccc3[n+]2CC)Oc2ccccc21.[I-]. The van der Waals surface area contributed by atoms with E-state index in [-0.39, 0.29) is 24.0 Å². The molecule has 1 aliphatic rings. The summed E-state index contributed by atoms with van der Waals surface area (Å²) < 4.78 is 9.74. The third-order valence-corrected chi connectivity index (χ3v) is 5.27. The third kappa shape index (κ3) is 2.80. The molecule has 0 saturated heterocycles. The van der Waals surface area contributed by atoms with Crippen molar-refractivity contribution in [2.45, 2.75) is 20.4 Å². The molecule has 0 radical (unpaired) electrons. The van der Waals surface area contributed by atoms with Crippen molar-refractivity contribution >= 4 is 33.3 Å². The van der Waals surface area contributed by atoms with E-state index in [0.29, 0.717) is 0 Å². The van der Waals surface area contributed by atoms with Gasteiger partial charge in [-0.3, -0.25) is 0 Å². The number of para-hydroxylation sites is 3. The second-order valence-corrected chi connectivity index (χ2v) is 6.51. The molecule has 124 valence electrons. The maximum atomic E-state index is 6.09. The topological polar surface area (TPSA) is 16.4 Å². The molecular formula is C19H19IN2OS. The zero-order valence-electron chi connectivity index (χ0n) is 13.7. The number of aryl methyl sites for hydroxylation is 1. The third-order valence-electron chi connectivity index (χ3n) is 4.15. The molecule has 0 spiro atoms. The van der Waals surface area contributed by atoms with Gasteiger partial charge >= 0.3 is 0 Å². The molecule has 0 N–H and O–H groups in total. The minimum atomic E-state index is 0. The zero-order chi connectivity index (χ0) is 15.8. The van der Waals surface area contributed by atoms with E-state index in [9.17, 15) is 0 Å². The van der Waals surface area contributed by atoms with E-state index >= 15 is 0 Å². The number of aromatic nitrogens is 1. The molecule has 0 atom stereocenters. The van der Waals surface area contributed by atoms with Crippen LogP contribution in [-0.4, -0.2) is 6.54 Å². The average Bonchev–Trinajstić information content (AvgIpc) is 3.11. The molecule has 5 heteroatoms. The minimum Gasteiger partial charge on any atom is -1.00 e. The van der Waals surface area contributed by atoms with Crippen LogP contribution >= 0.6 is 11.3 Å². The molecule has 24 heavy (non-hydrogen) atoms. The fraction of sp³-hybridized carbons (Fsp3) is 0.211. The lowest BCUT2D eigenvalue weighted by atomic mass is 10.3. The molecule has 2 aromatic carbocycles. The molecule has 0 bridgehead atoms. The summed E-state index contributed by atoms with van der Waals surface area (Å²) in [5, 5.41) is 1.22. The highest BCUT2D eigenvalue weighted by Gasteiger charge is 2.27. The van der Waals surface area contributed by atoms with Gasteiger partial charge in [0.15, 0.2) is 5.75 Å². The Labute approximate surface area is 163 Å². The molecular weight excluding hydrogens is 431 g/mol. The number of anilines is 1. The molecule has 0 fully saturated rings. The summed E-state index contributed by atoms with van der Waals surface area (Å²) in [4.78, 5) is 2.22. The molecule has 2 heterocycles. The van der Waals surface area contributed by atoms with E-state index in [4.69, 9.17) is 4.74 Å². The number of nitrogens with zero attached hydrogens (tertiary/aromatic N) is 2. The van der Waals surface area contributed by atoms with Crippen LogP contribution in [0.4, 0.5) is 5.69 Å². The fourth-order valence-corrected chi connectivity index (χ4v) is 4.23. The van der Waals surface area contributed by atoms with Crippen LogP contribution in [0.3, 0.4) is 0 Å². The predicted octanol–water partition coefficient (Wildman–Crippen LogP) is 1.43. The Morgan fingerprint density at radius 2 is 1.83 bits per heavy atom. The van der Waals surface area contributed by atoms with Crippen molar-refractivity contribution in [2.75, 3.05) is 11.4 Å². The van der Waals surface area contributed by atoms with Crippen LogP contribution in [0.5, 0.6) is 5.75 Å². The normalized spacial score (nSPS) is 14.6. The molecule has 0 unspecified atom stereocenters. The van der Waals surface area contributed by atoms with Crippen LogP contribution in [0.1, 0.15) is 18.9 Å². The zero-order valence-corrected chi connectivity index (χ0v) is 16.7. The highest BCUT2D eigenvalue weighted by molar-refractivity contribution is 7.18. The van der Waals surface area contributed by atoms with E-state index in [2.05, 4.69) is 65.8 Å². The minimum absolute atomic E-state index is 0. The Bertz CT molecular complexity index is 903. The molecule has 1 aliphatic heterocycles. The van der Waals surface area contributed by atoms with Gasteiger partial charge in [-0.25, -0.2) is 0 Å². The number of hydrogen-bond donors (Lipinski definition) is 0. The van der Waals surface area contributed by atoms with Crippen molar-refractivity contribution in [1.82, 2.24) is 0 Å². The highest BCUT2D eigenvalue weighted by Crippen LogP contribution is 2.39. The number of rotatable bonds is 3. The summed E-state index contributed by atoms with van der Waals surface area (Å²) >= 11 is 1.81. The van der Waals surface area contributed by atoms with Crippen LogP contribution in [0.25, 0.3) is 16.3 Å². The maximum absolute atomic E-state index is 6.09. The first kappa shape index (κ1) is 17.2. The Hall–Kier alpha value is -1.60.